The van der Waals surface area contributed by atoms with Crippen molar-refractivity contribution in [3.63, 3.8) is 0 Å². The van der Waals surface area contributed by atoms with Crippen LogP contribution in [0, 0.1) is 5.92 Å². The molecule has 0 spiro atoms. The first kappa shape index (κ1) is 20.0. The summed E-state index contributed by atoms with van der Waals surface area (Å²) in [5, 5.41) is 14.1. The van der Waals surface area contributed by atoms with Gasteiger partial charge in [-0.1, -0.05) is 44.2 Å². The molecule has 0 aliphatic heterocycles. The highest BCUT2D eigenvalue weighted by atomic mass is 16.4. The topological polar surface area (TPSA) is 121 Å². The number of carbonyl (C=O) groups is 3. The summed E-state index contributed by atoms with van der Waals surface area (Å²) in [5.74, 6) is -2.09. The fourth-order valence-electron chi connectivity index (χ4n) is 2.52. The Morgan fingerprint density at radius 2 is 1.85 bits per heavy atom. The lowest BCUT2D eigenvalue weighted by atomic mass is 10.0. The Morgan fingerprint density at radius 3 is 2.48 bits per heavy atom. The molecule has 0 unspecified atom stereocenters. The van der Waals surface area contributed by atoms with E-state index in [0.717, 1.165) is 5.56 Å². The van der Waals surface area contributed by atoms with Crippen LogP contribution in [0.25, 0.3) is 11.3 Å². The number of hydrogen-bond acceptors (Lipinski definition) is 5. The van der Waals surface area contributed by atoms with Gasteiger partial charge < -0.3 is 15.7 Å². The molecule has 0 aliphatic rings. The Hall–Kier alpha value is -3.29. The zero-order valence-corrected chi connectivity index (χ0v) is 15.2. The maximum absolute atomic E-state index is 12.5. The number of benzene rings is 1. The monoisotopic (exact) mass is 370 g/mol. The van der Waals surface area contributed by atoms with Crippen LogP contribution in [0.2, 0.25) is 0 Å². The molecule has 142 valence electrons. The van der Waals surface area contributed by atoms with Gasteiger partial charge in [0.1, 0.15) is 12.4 Å². The van der Waals surface area contributed by atoms with Gasteiger partial charge in [0.15, 0.2) is 0 Å². The number of aromatic nitrogens is 2. The molecule has 1 aromatic heterocycles. The van der Waals surface area contributed by atoms with E-state index in [-0.39, 0.29) is 18.0 Å². The lowest BCUT2D eigenvalue weighted by Crippen LogP contribution is -2.46. The van der Waals surface area contributed by atoms with Crippen molar-refractivity contribution in [2.24, 2.45) is 5.92 Å². The van der Waals surface area contributed by atoms with E-state index in [1.54, 1.807) is 0 Å². The fraction of sp³-hybridized carbons (Fsp3) is 0.316. The first-order valence-corrected chi connectivity index (χ1v) is 8.54. The van der Waals surface area contributed by atoms with Gasteiger partial charge in [-0.05, 0) is 12.3 Å². The minimum atomic E-state index is -1.11. The van der Waals surface area contributed by atoms with Crippen LogP contribution in [0.1, 0.15) is 30.6 Å². The van der Waals surface area contributed by atoms with Crippen molar-refractivity contribution in [2.75, 3.05) is 6.54 Å². The lowest BCUT2D eigenvalue weighted by molar-refractivity contribution is -0.142. The van der Waals surface area contributed by atoms with Crippen LogP contribution in [0.3, 0.4) is 0 Å². The van der Waals surface area contributed by atoms with Gasteiger partial charge in [0.25, 0.3) is 5.91 Å². The Balaban J connectivity index is 2.02. The van der Waals surface area contributed by atoms with Gasteiger partial charge in [0.05, 0.1) is 17.8 Å². The first-order chi connectivity index (χ1) is 12.9. The summed E-state index contributed by atoms with van der Waals surface area (Å²) in [7, 11) is 0. The Morgan fingerprint density at radius 1 is 1.15 bits per heavy atom. The quantitative estimate of drug-likeness (QED) is 0.647. The number of rotatable bonds is 8. The second-order valence-corrected chi connectivity index (χ2v) is 6.42. The van der Waals surface area contributed by atoms with Gasteiger partial charge in [-0.15, -0.1) is 0 Å². The minimum Gasteiger partial charge on any atom is -0.480 e. The Labute approximate surface area is 157 Å². The summed E-state index contributed by atoms with van der Waals surface area (Å²) >= 11 is 0. The molecule has 2 rings (SSSR count). The molecule has 0 fully saturated rings. The van der Waals surface area contributed by atoms with Crippen molar-refractivity contribution in [2.45, 2.75) is 26.3 Å². The molecular weight excluding hydrogens is 348 g/mol. The molecule has 0 saturated heterocycles. The van der Waals surface area contributed by atoms with Crippen molar-refractivity contribution in [1.29, 1.82) is 0 Å². The molecule has 0 aliphatic carbocycles. The second kappa shape index (κ2) is 9.42. The van der Waals surface area contributed by atoms with Crippen LogP contribution >= 0.6 is 0 Å². The minimum absolute atomic E-state index is 0.107. The summed E-state index contributed by atoms with van der Waals surface area (Å²) in [4.78, 5) is 43.7. The maximum Gasteiger partial charge on any atom is 0.326 e. The number of carboxylic acids is 1. The smallest absolute Gasteiger partial charge is 0.326 e. The van der Waals surface area contributed by atoms with E-state index < -0.39 is 23.8 Å². The van der Waals surface area contributed by atoms with E-state index in [4.69, 9.17) is 0 Å². The molecule has 1 aromatic carbocycles. The van der Waals surface area contributed by atoms with Crippen LogP contribution in [0.15, 0.2) is 42.9 Å². The van der Waals surface area contributed by atoms with E-state index in [2.05, 4.69) is 20.6 Å². The van der Waals surface area contributed by atoms with E-state index >= 15 is 0 Å². The zero-order valence-electron chi connectivity index (χ0n) is 15.2. The summed E-state index contributed by atoms with van der Waals surface area (Å²) in [6.07, 6.45) is 3.02. The summed E-state index contributed by atoms with van der Waals surface area (Å²) in [6, 6.07) is 8.14. The average molecular weight is 370 g/mol. The molecule has 2 amide bonds. The molecule has 27 heavy (non-hydrogen) atoms. The van der Waals surface area contributed by atoms with Crippen molar-refractivity contribution in [3.8, 4) is 11.3 Å². The van der Waals surface area contributed by atoms with Gasteiger partial charge in [-0.25, -0.2) is 14.8 Å². The first-order valence-electron chi connectivity index (χ1n) is 8.54. The maximum atomic E-state index is 12.5. The molecule has 1 heterocycles. The molecule has 2 aromatic rings. The molecule has 0 bridgehead atoms. The zero-order chi connectivity index (χ0) is 19.8. The third-order valence-corrected chi connectivity index (χ3v) is 3.75. The number of hydrogen-bond donors (Lipinski definition) is 3. The van der Waals surface area contributed by atoms with Crippen molar-refractivity contribution < 1.29 is 19.5 Å². The molecule has 8 nitrogen and oxygen atoms in total. The van der Waals surface area contributed by atoms with Crippen LogP contribution in [0.4, 0.5) is 0 Å². The summed E-state index contributed by atoms with van der Waals surface area (Å²) in [5.41, 5.74) is 1.43. The predicted octanol–water partition coefficient (Wildman–Crippen LogP) is 1.49. The van der Waals surface area contributed by atoms with E-state index in [1.807, 2.05) is 44.2 Å². The molecule has 3 N–H and O–H groups in total. The highest BCUT2D eigenvalue weighted by Gasteiger charge is 2.22. The van der Waals surface area contributed by atoms with Gasteiger partial charge >= 0.3 is 5.97 Å². The normalized spacial score (nSPS) is 11.7. The van der Waals surface area contributed by atoms with Gasteiger partial charge in [-0.2, -0.15) is 0 Å². The Bertz CT molecular complexity index is 808. The third kappa shape index (κ3) is 5.88. The van der Waals surface area contributed by atoms with Crippen molar-refractivity contribution >= 4 is 17.8 Å². The van der Waals surface area contributed by atoms with Crippen LogP contribution in [-0.2, 0) is 9.59 Å². The summed E-state index contributed by atoms with van der Waals surface area (Å²) < 4.78 is 0. The third-order valence-electron chi connectivity index (χ3n) is 3.75. The highest BCUT2D eigenvalue weighted by molar-refractivity contribution is 6.01. The van der Waals surface area contributed by atoms with Crippen LogP contribution < -0.4 is 10.6 Å². The largest absolute Gasteiger partial charge is 0.480 e. The van der Waals surface area contributed by atoms with Gasteiger partial charge in [-0.3, -0.25) is 9.59 Å². The highest BCUT2D eigenvalue weighted by Crippen LogP contribution is 2.19. The molecule has 8 heteroatoms. The predicted molar refractivity (Wildman–Crippen MR) is 98.8 cm³/mol. The SMILES string of the molecule is CC(C)C[C@H](NC(=O)CNC(=O)c1cncnc1-c1ccccc1)C(=O)O. The number of carboxylic acid groups (broad SMARTS) is 1. The van der Waals surface area contributed by atoms with Gasteiger partial charge in [0, 0.05) is 11.8 Å². The fourth-order valence-corrected chi connectivity index (χ4v) is 2.52. The number of nitrogens with zero attached hydrogens (tertiary/aromatic N) is 2. The van der Waals surface area contributed by atoms with Crippen molar-refractivity contribution in [3.05, 3.63) is 48.4 Å². The lowest BCUT2D eigenvalue weighted by Gasteiger charge is -2.16. The number of carbonyl (C=O) groups excluding carboxylic acids is 2. The molecule has 0 saturated carbocycles. The Kier molecular flexibility index (Phi) is 6.99. The van der Waals surface area contributed by atoms with E-state index in [9.17, 15) is 19.5 Å². The number of amides is 2. The second-order valence-electron chi connectivity index (χ2n) is 6.42. The number of nitrogens with one attached hydrogen (secondary N) is 2. The molecular formula is C19H22N4O4. The molecule has 0 radical (unpaired) electrons. The van der Waals surface area contributed by atoms with E-state index in [0.29, 0.717) is 12.1 Å². The summed E-state index contributed by atoms with van der Waals surface area (Å²) in [6.45, 7) is 3.39. The van der Waals surface area contributed by atoms with Crippen molar-refractivity contribution in [1.82, 2.24) is 20.6 Å². The van der Waals surface area contributed by atoms with Gasteiger partial charge in [0.2, 0.25) is 5.91 Å². The standard InChI is InChI=1S/C19H22N4O4/c1-12(2)8-15(19(26)27)23-16(24)10-21-18(25)14-9-20-11-22-17(14)13-6-4-3-5-7-13/h3-7,9,11-12,15H,8,10H2,1-2H3,(H,21,25)(H,23,24)(H,26,27)/t15-/m0/s1. The molecule has 1 atom stereocenters. The average Bonchev–Trinajstić information content (AvgIpc) is 2.66. The van der Waals surface area contributed by atoms with Crippen LogP contribution in [0.5, 0.6) is 0 Å². The van der Waals surface area contributed by atoms with E-state index in [1.165, 1.54) is 12.5 Å². The number of aliphatic carboxylic acids is 1. The van der Waals surface area contributed by atoms with Crippen LogP contribution in [-0.4, -0.2) is 45.4 Å².